The molecule has 3 heterocycles. The van der Waals surface area contributed by atoms with Crippen molar-refractivity contribution in [2.75, 3.05) is 17.7 Å². The van der Waals surface area contributed by atoms with E-state index >= 15 is 0 Å². The molecule has 11 heteroatoms. The summed E-state index contributed by atoms with van der Waals surface area (Å²) in [7, 11) is 0. The lowest BCUT2D eigenvalue weighted by Gasteiger charge is -2.00. The van der Waals surface area contributed by atoms with Crippen LogP contribution in [0.4, 0.5) is 5.13 Å². The highest BCUT2D eigenvalue weighted by molar-refractivity contribution is 7.99. The first-order chi connectivity index (χ1) is 14.6. The second kappa shape index (κ2) is 9.09. The molecule has 3 aromatic heterocycles. The molecule has 2 N–H and O–H groups in total. The highest BCUT2D eigenvalue weighted by Crippen LogP contribution is 2.29. The van der Waals surface area contributed by atoms with Crippen molar-refractivity contribution < 1.29 is 18.7 Å². The summed E-state index contributed by atoms with van der Waals surface area (Å²) in [4.78, 5) is 31.0. The van der Waals surface area contributed by atoms with E-state index in [0.29, 0.717) is 28.5 Å². The van der Waals surface area contributed by atoms with Gasteiger partial charge in [-0.3, -0.25) is 9.59 Å². The summed E-state index contributed by atoms with van der Waals surface area (Å²) in [6.45, 7) is 2.07. The fraction of sp³-hybridized carbons (Fsp3) is 0.211. The van der Waals surface area contributed by atoms with E-state index in [1.54, 1.807) is 12.3 Å². The van der Waals surface area contributed by atoms with Gasteiger partial charge in [0.1, 0.15) is 0 Å². The third-order valence-corrected chi connectivity index (χ3v) is 5.61. The Kier molecular flexibility index (Phi) is 6.10. The second-order valence-electron chi connectivity index (χ2n) is 6.08. The van der Waals surface area contributed by atoms with Gasteiger partial charge in [0, 0.05) is 22.5 Å². The van der Waals surface area contributed by atoms with Crippen LogP contribution < -0.4 is 5.32 Å². The van der Waals surface area contributed by atoms with Gasteiger partial charge >= 0.3 is 5.97 Å². The van der Waals surface area contributed by atoms with Gasteiger partial charge in [0.15, 0.2) is 5.13 Å². The van der Waals surface area contributed by atoms with Crippen molar-refractivity contribution in [2.45, 2.75) is 18.6 Å². The maximum atomic E-state index is 12.2. The van der Waals surface area contributed by atoms with Gasteiger partial charge in [0.25, 0.3) is 11.1 Å². The van der Waals surface area contributed by atoms with Crippen molar-refractivity contribution in [3.63, 3.8) is 0 Å². The number of thioether (sulfide) groups is 1. The van der Waals surface area contributed by atoms with Gasteiger partial charge in [-0.25, -0.2) is 4.98 Å². The van der Waals surface area contributed by atoms with Crippen LogP contribution in [-0.4, -0.2) is 44.4 Å². The molecule has 9 nitrogen and oxygen atoms in total. The van der Waals surface area contributed by atoms with Crippen molar-refractivity contribution >= 4 is 51.0 Å². The van der Waals surface area contributed by atoms with Crippen LogP contribution in [0, 0.1) is 0 Å². The summed E-state index contributed by atoms with van der Waals surface area (Å²) in [5.74, 6) is -0.135. The standard InChI is InChI=1S/C19H17N5O4S2/c1-2-27-16(26)7-11-9-29-18(21-11)22-15(25)10-30-19-24-23-17(28-19)13-8-20-14-6-4-3-5-12(13)14/h3-6,8-9,20H,2,7,10H2,1H3,(H,21,22,25). The second-order valence-corrected chi connectivity index (χ2v) is 7.87. The van der Waals surface area contributed by atoms with Gasteiger partial charge in [0.05, 0.1) is 30.0 Å². The number of H-pyrrole nitrogens is 1. The highest BCUT2D eigenvalue weighted by atomic mass is 32.2. The minimum atomic E-state index is -0.348. The number of hydrogen-bond acceptors (Lipinski definition) is 9. The summed E-state index contributed by atoms with van der Waals surface area (Å²) in [5, 5.41) is 14.2. The first-order valence-corrected chi connectivity index (χ1v) is 10.9. The number of aromatic amines is 1. The number of benzene rings is 1. The van der Waals surface area contributed by atoms with Crippen molar-refractivity contribution in [3.8, 4) is 11.5 Å². The number of ether oxygens (including phenoxy) is 1. The first kappa shape index (κ1) is 20.1. The number of thiazole rings is 1. The fourth-order valence-electron chi connectivity index (χ4n) is 2.71. The summed E-state index contributed by atoms with van der Waals surface area (Å²) < 4.78 is 10.6. The smallest absolute Gasteiger partial charge is 0.311 e. The van der Waals surface area contributed by atoms with Gasteiger partial charge in [0.2, 0.25) is 5.91 Å². The molecule has 0 aliphatic heterocycles. The Bertz CT molecular complexity index is 1180. The largest absolute Gasteiger partial charge is 0.466 e. The van der Waals surface area contributed by atoms with Gasteiger partial charge in [-0.2, -0.15) is 0 Å². The lowest BCUT2D eigenvalue weighted by atomic mass is 10.2. The van der Waals surface area contributed by atoms with E-state index < -0.39 is 0 Å². The van der Waals surface area contributed by atoms with Crippen molar-refractivity contribution in [1.82, 2.24) is 20.2 Å². The van der Waals surface area contributed by atoms with Crippen LogP contribution in [0.1, 0.15) is 12.6 Å². The van der Waals surface area contributed by atoms with E-state index in [0.717, 1.165) is 28.2 Å². The summed E-state index contributed by atoms with van der Waals surface area (Å²) >= 11 is 2.38. The van der Waals surface area contributed by atoms with Gasteiger partial charge in [-0.1, -0.05) is 30.0 Å². The number of fused-ring (bicyclic) bond motifs is 1. The lowest BCUT2D eigenvalue weighted by molar-refractivity contribution is -0.142. The van der Waals surface area contributed by atoms with Crippen LogP contribution >= 0.6 is 23.1 Å². The number of amides is 1. The van der Waals surface area contributed by atoms with E-state index in [2.05, 4.69) is 25.5 Å². The molecule has 0 aliphatic rings. The molecule has 0 fully saturated rings. The number of nitrogens with one attached hydrogen (secondary N) is 2. The van der Waals surface area contributed by atoms with Crippen LogP contribution in [0.2, 0.25) is 0 Å². The highest BCUT2D eigenvalue weighted by Gasteiger charge is 2.15. The molecule has 4 rings (SSSR count). The topological polar surface area (TPSA) is 123 Å². The number of esters is 1. The number of nitrogens with zero attached hydrogens (tertiary/aromatic N) is 3. The van der Waals surface area contributed by atoms with Crippen LogP contribution in [0.25, 0.3) is 22.4 Å². The number of anilines is 1. The molecule has 0 saturated heterocycles. The zero-order valence-electron chi connectivity index (χ0n) is 15.9. The molecule has 0 spiro atoms. The fourth-order valence-corrected chi connectivity index (χ4v) is 4.00. The third-order valence-electron chi connectivity index (χ3n) is 3.98. The normalized spacial score (nSPS) is 11.0. The molecule has 0 atom stereocenters. The Balaban J connectivity index is 1.32. The molecule has 154 valence electrons. The Morgan fingerprint density at radius 3 is 3.03 bits per heavy atom. The number of hydrogen-bond donors (Lipinski definition) is 2. The molecule has 1 amide bonds. The average Bonchev–Trinajstić information content (AvgIpc) is 3.46. The van der Waals surface area contributed by atoms with Gasteiger partial charge in [-0.15, -0.1) is 21.5 Å². The maximum Gasteiger partial charge on any atom is 0.311 e. The Labute approximate surface area is 179 Å². The van der Waals surface area contributed by atoms with E-state index in [-0.39, 0.29) is 24.1 Å². The molecule has 0 aliphatic carbocycles. The quantitative estimate of drug-likeness (QED) is 0.313. The van der Waals surface area contributed by atoms with E-state index in [9.17, 15) is 9.59 Å². The molecular formula is C19H17N5O4S2. The molecular weight excluding hydrogens is 426 g/mol. The predicted molar refractivity (Wildman–Crippen MR) is 113 cm³/mol. The average molecular weight is 444 g/mol. The number of carbonyl (C=O) groups excluding carboxylic acids is 2. The third kappa shape index (κ3) is 4.69. The van der Waals surface area contributed by atoms with Crippen LogP contribution in [0.15, 0.2) is 45.5 Å². The van der Waals surface area contributed by atoms with Crippen LogP contribution in [0.3, 0.4) is 0 Å². The number of rotatable bonds is 8. The molecule has 1 aromatic carbocycles. The lowest BCUT2D eigenvalue weighted by Crippen LogP contribution is -2.14. The molecule has 0 bridgehead atoms. The summed E-state index contributed by atoms with van der Waals surface area (Å²) in [5.41, 5.74) is 2.35. The molecule has 0 unspecified atom stereocenters. The van der Waals surface area contributed by atoms with Crippen LogP contribution in [-0.2, 0) is 20.7 Å². The zero-order chi connectivity index (χ0) is 20.9. The van der Waals surface area contributed by atoms with Crippen molar-refractivity contribution in [1.29, 1.82) is 0 Å². The van der Waals surface area contributed by atoms with E-state index in [1.807, 2.05) is 30.5 Å². The molecule has 0 radical (unpaired) electrons. The van der Waals surface area contributed by atoms with E-state index in [1.165, 1.54) is 11.3 Å². The SMILES string of the molecule is CCOC(=O)Cc1csc(NC(=O)CSc2nnc(-c3c[nH]c4ccccc34)o2)n1. The van der Waals surface area contributed by atoms with Crippen molar-refractivity contribution in [3.05, 3.63) is 41.5 Å². The summed E-state index contributed by atoms with van der Waals surface area (Å²) in [6, 6.07) is 7.81. The summed E-state index contributed by atoms with van der Waals surface area (Å²) in [6.07, 6.45) is 1.89. The minimum absolute atomic E-state index is 0.0769. The number of aromatic nitrogens is 4. The Morgan fingerprint density at radius 2 is 2.17 bits per heavy atom. The molecule has 30 heavy (non-hydrogen) atoms. The van der Waals surface area contributed by atoms with Gasteiger partial charge < -0.3 is 19.5 Å². The molecule has 4 aromatic rings. The predicted octanol–water partition coefficient (Wildman–Crippen LogP) is 3.51. The van der Waals surface area contributed by atoms with Crippen LogP contribution in [0.5, 0.6) is 0 Å². The Morgan fingerprint density at radius 1 is 1.30 bits per heavy atom. The first-order valence-electron chi connectivity index (χ1n) is 9.05. The maximum absolute atomic E-state index is 12.2. The minimum Gasteiger partial charge on any atom is -0.466 e. The number of para-hydroxylation sites is 1. The zero-order valence-corrected chi connectivity index (χ0v) is 17.5. The van der Waals surface area contributed by atoms with E-state index in [4.69, 9.17) is 9.15 Å². The van der Waals surface area contributed by atoms with Gasteiger partial charge in [-0.05, 0) is 13.0 Å². The Hall–Kier alpha value is -3.18. The van der Waals surface area contributed by atoms with Crippen molar-refractivity contribution in [2.24, 2.45) is 0 Å². The monoisotopic (exact) mass is 443 g/mol. The molecule has 0 saturated carbocycles. The number of carbonyl (C=O) groups is 2.